The number of hydrogen-bond donors (Lipinski definition) is 1. The third-order valence-electron chi connectivity index (χ3n) is 6.57. The van der Waals surface area contributed by atoms with E-state index in [1.807, 2.05) is 82.3 Å². The number of nitrogens with zero attached hydrogens (tertiary/aromatic N) is 2. The molecule has 3 aromatic rings. The lowest BCUT2D eigenvalue weighted by Gasteiger charge is -2.35. The Hall–Kier alpha value is -3.85. The van der Waals surface area contributed by atoms with Crippen molar-refractivity contribution < 1.29 is 22.7 Å². The lowest BCUT2D eigenvalue weighted by Crippen LogP contribution is -2.56. The highest BCUT2D eigenvalue weighted by Crippen LogP contribution is 2.22. The fourth-order valence-electron chi connectivity index (χ4n) is 4.49. The molecule has 0 saturated carbocycles. The smallest absolute Gasteiger partial charge is 0.244 e. The summed E-state index contributed by atoms with van der Waals surface area (Å²) >= 11 is 0. The van der Waals surface area contributed by atoms with Gasteiger partial charge in [0, 0.05) is 18.5 Å². The molecule has 0 aliphatic rings. The van der Waals surface area contributed by atoms with Gasteiger partial charge >= 0.3 is 0 Å². The van der Waals surface area contributed by atoms with Gasteiger partial charge in [0.05, 0.1) is 19.1 Å². The first-order valence-electron chi connectivity index (χ1n) is 13.7. The molecule has 0 fully saturated rings. The molecular formula is C32H41N3O5S. The lowest BCUT2D eigenvalue weighted by molar-refractivity contribution is -0.140. The summed E-state index contributed by atoms with van der Waals surface area (Å²) in [7, 11) is -2.26. The third-order valence-corrected chi connectivity index (χ3v) is 7.71. The SMILES string of the molecule is CCc1ccc(N(CC(=O)N(Cc2cccc(OC)c2)C(Cc2ccccc2)C(=O)NC(C)(C)C)S(C)(=O)=O)cc1. The minimum absolute atomic E-state index is 0.0808. The summed E-state index contributed by atoms with van der Waals surface area (Å²) in [5.74, 6) is -0.207. The van der Waals surface area contributed by atoms with Crippen molar-refractivity contribution in [1.29, 1.82) is 0 Å². The van der Waals surface area contributed by atoms with Gasteiger partial charge in [-0.15, -0.1) is 0 Å². The van der Waals surface area contributed by atoms with Gasteiger partial charge < -0.3 is 15.0 Å². The number of ether oxygens (including phenoxy) is 1. The summed E-state index contributed by atoms with van der Waals surface area (Å²) in [5, 5.41) is 3.02. The summed E-state index contributed by atoms with van der Waals surface area (Å²) in [6.07, 6.45) is 2.13. The van der Waals surface area contributed by atoms with Crippen LogP contribution in [0.5, 0.6) is 5.75 Å². The van der Waals surface area contributed by atoms with E-state index in [0.29, 0.717) is 11.4 Å². The van der Waals surface area contributed by atoms with E-state index >= 15 is 0 Å². The molecule has 1 unspecified atom stereocenters. The molecule has 41 heavy (non-hydrogen) atoms. The summed E-state index contributed by atoms with van der Waals surface area (Å²) in [4.78, 5) is 29.4. The van der Waals surface area contributed by atoms with E-state index in [0.717, 1.165) is 33.7 Å². The molecule has 0 radical (unpaired) electrons. The highest BCUT2D eigenvalue weighted by atomic mass is 32.2. The molecule has 0 saturated heterocycles. The number of nitrogens with one attached hydrogen (secondary N) is 1. The van der Waals surface area contributed by atoms with Crippen molar-refractivity contribution in [3.63, 3.8) is 0 Å². The number of benzene rings is 3. The average molecular weight is 580 g/mol. The van der Waals surface area contributed by atoms with Crippen molar-refractivity contribution in [2.45, 2.75) is 58.7 Å². The molecule has 1 N–H and O–H groups in total. The fourth-order valence-corrected chi connectivity index (χ4v) is 5.34. The number of methoxy groups -OCH3 is 1. The van der Waals surface area contributed by atoms with Crippen LogP contribution in [0.25, 0.3) is 0 Å². The zero-order chi connectivity index (χ0) is 30.2. The van der Waals surface area contributed by atoms with Crippen LogP contribution in [0.3, 0.4) is 0 Å². The first-order valence-corrected chi connectivity index (χ1v) is 15.5. The van der Waals surface area contributed by atoms with Crippen molar-refractivity contribution in [2.75, 3.05) is 24.2 Å². The maximum absolute atomic E-state index is 14.2. The van der Waals surface area contributed by atoms with Crippen LogP contribution in [0.1, 0.15) is 44.4 Å². The standard InChI is InChI=1S/C32H41N3O5S/c1-7-24-16-18-27(19-17-24)35(41(6,38)39)23-30(36)34(22-26-14-11-15-28(20-26)40-5)29(31(37)33-32(2,3)4)21-25-12-9-8-10-13-25/h8-20,29H,7,21-23H2,1-6H3,(H,33,37). The summed E-state index contributed by atoms with van der Waals surface area (Å²) < 4.78 is 32.3. The highest BCUT2D eigenvalue weighted by Gasteiger charge is 2.34. The van der Waals surface area contributed by atoms with Crippen LogP contribution >= 0.6 is 0 Å². The first-order chi connectivity index (χ1) is 19.3. The van der Waals surface area contributed by atoms with Crippen LogP contribution in [-0.4, -0.2) is 56.6 Å². The summed E-state index contributed by atoms with van der Waals surface area (Å²) in [6.45, 7) is 7.27. The molecule has 0 heterocycles. The number of carbonyl (C=O) groups is 2. The maximum atomic E-state index is 14.2. The van der Waals surface area contributed by atoms with Gasteiger partial charge in [0.25, 0.3) is 0 Å². The van der Waals surface area contributed by atoms with Crippen molar-refractivity contribution >= 4 is 27.5 Å². The molecular weight excluding hydrogens is 538 g/mol. The van der Waals surface area contributed by atoms with E-state index < -0.39 is 34.1 Å². The molecule has 3 aromatic carbocycles. The van der Waals surface area contributed by atoms with Gasteiger partial charge in [-0.25, -0.2) is 8.42 Å². The third kappa shape index (κ3) is 9.35. The molecule has 2 amide bonds. The quantitative estimate of drug-likeness (QED) is 0.339. The topological polar surface area (TPSA) is 96.0 Å². The van der Waals surface area contributed by atoms with Crippen LogP contribution in [0.15, 0.2) is 78.9 Å². The van der Waals surface area contributed by atoms with Crippen molar-refractivity contribution in [3.05, 3.63) is 95.6 Å². The molecule has 3 rings (SSSR count). The first kappa shape index (κ1) is 31.7. The molecule has 9 heteroatoms. The Morgan fingerprint density at radius 3 is 2.10 bits per heavy atom. The number of hydrogen-bond acceptors (Lipinski definition) is 5. The molecule has 8 nitrogen and oxygen atoms in total. The monoisotopic (exact) mass is 579 g/mol. The lowest BCUT2D eigenvalue weighted by atomic mass is 10.0. The summed E-state index contributed by atoms with van der Waals surface area (Å²) in [6, 6.07) is 22.9. The molecule has 0 aromatic heterocycles. The molecule has 220 valence electrons. The van der Waals surface area contributed by atoms with Gasteiger partial charge in [-0.05, 0) is 68.1 Å². The summed E-state index contributed by atoms with van der Waals surface area (Å²) in [5.41, 5.74) is 2.52. The predicted molar refractivity (Wildman–Crippen MR) is 163 cm³/mol. The second kappa shape index (κ2) is 13.7. The fraction of sp³-hybridized carbons (Fsp3) is 0.375. The Labute approximate surface area is 244 Å². The van der Waals surface area contributed by atoms with Crippen LogP contribution in [0.2, 0.25) is 0 Å². The van der Waals surface area contributed by atoms with Crippen LogP contribution < -0.4 is 14.4 Å². The minimum atomic E-state index is -3.82. The molecule has 1 atom stereocenters. The molecule has 0 aliphatic heterocycles. The number of amides is 2. The zero-order valence-corrected chi connectivity index (χ0v) is 25.6. The van der Waals surface area contributed by atoms with E-state index in [1.165, 1.54) is 4.90 Å². The van der Waals surface area contributed by atoms with E-state index in [-0.39, 0.29) is 18.9 Å². The Bertz CT molecular complexity index is 1420. The van der Waals surface area contributed by atoms with E-state index in [4.69, 9.17) is 4.74 Å². The number of sulfonamides is 1. The van der Waals surface area contributed by atoms with E-state index in [9.17, 15) is 18.0 Å². The molecule has 0 spiro atoms. The van der Waals surface area contributed by atoms with Gasteiger partial charge in [-0.3, -0.25) is 13.9 Å². The second-order valence-electron chi connectivity index (χ2n) is 11.1. The minimum Gasteiger partial charge on any atom is -0.497 e. The van der Waals surface area contributed by atoms with Gasteiger partial charge in [-0.2, -0.15) is 0 Å². The van der Waals surface area contributed by atoms with Gasteiger partial charge in [0.15, 0.2) is 0 Å². The predicted octanol–water partition coefficient (Wildman–Crippen LogP) is 4.58. The van der Waals surface area contributed by atoms with E-state index in [1.54, 1.807) is 31.4 Å². The number of carbonyl (C=O) groups excluding carboxylic acids is 2. The van der Waals surface area contributed by atoms with Gasteiger partial charge in [0.1, 0.15) is 18.3 Å². The molecule has 0 aliphatic carbocycles. The number of rotatable bonds is 12. The largest absolute Gasteiger partial charge is 0.497 e. The average Bonchev–Trinajstić information content (AvgIpc) is 2.92. The van der Waals surface area contributed by atoms with Crippen molar-refractivity contribution in [1.82, 2.24) is 10.2 Å². The Morgan fingerprint density at radius 2 is 1.54 bits per heavy atom. The second-order valence-corrected chi connectivity index (χ2v) is 13.0. The Balaban J connectivity index is 2.08. The maximum Gasteiger partial charge on any atom is 0.244 e. The van der Waals surface area contributed by atoms with Crippen LogP contribution in [0, 0.1) is 0 Å². The zero-order valence-electron chi connectivity index (χ0n) is 24.8. The Morgan fingerprint density at radius 1 is 0.902 bits per heavy atom. The van der Waals surface area contributed by atoms with Crippen LogP contribution in [-0.2, 0) is 39.0 Å². The van der Waals surface area contributed by atoms with Crippen molar-refractivity contribution in [2.24, 2.45) is 0 Å². The Kier molecular flexibility index (Phi) is 10.6. The van der Waals surface area contributed by atoms with Gasteiger partial charge in [-0.1, -0.05) is 61.5 Å². The number of aryl methyl sites for hydroxylation is 1. The number of anilines is 1. The van der Waals surface area contributed by atoms with Crippen LogP contribution in [0.4, 0.5) is 5.69 Å². The highest BCUT2D eigenvalue weighted by molar-refractivity contribution is 7.92. The molecule has 0 bridgehead atoms. The van der Waals surface area contributed by atoms with Crippen molar-refractivity contribution in [3.8, 4) is 5.75 Å². The normalized spacial score (nSPS) is 12.3. The van der Waals surface area contributed by atoms with Gasteiger partial charge in [0.2, 0.25) is 21.8 Å². The van der Waals surface area contributed by atoms with E-state index in [2.05, 4.69) is 5.32 Å².